The van der Waals surface area contributed by atoms with Gasteiger partial charge in [0.1, 0.15) is 12.4 Å². The van der Waals surface area contributed by atoms with E-state index in [-0.39, 0.29) is 36.6 Å². The molecule has 1 aliphatic heterocycles. The van der Waals surface area contributed by atoms with Crippen LogP contribution in [0.1, 0.15) is 37.3 Å². The van der Waals surface area contributed by atoms with Gasteiger partial charge in [-0.25, -0.2) is 9.18 Å². The van der Waals surface area contributed by atoms with Crippen molar-refractivity contribution in [1.29, 1.82) is 0 Å². The van der Waals surface area contributed by atoms with Crippen LogP contribution in [0, 0.1) is 12.7 Å². The van der Waals surface area contributed by atoms with E-state index in [2.05, 4.69) is 5.32 Å². The van der Waals surface area contributed by atoms with Crippen molar-refractivity contribution in [3.63, 3.8) is 0 Å². The molecule has 0 fully saturated rings. The number of anilines is 1. The number of halogens is 1. The lowest BCUT2D eigenvalue weighted by Gasteiger charge is -2.34. The van der Waals surface area contributed by atoms with E-state index < -0.39 is 23.6 Å². The minimum Gasteiger partial charge on any atom is -0.463 e. The Labute approximate surface area is 180 Å². The molecule has 0 bridgehead atoms. The first-order valence-electron chi connectivity index (χ1n) is 10.1. The van der Waals surface area contributed by atoms with Gasteiger partial charge in [0.05, 0.1) is 12.2 Å². The Morgan fingerprint density at radius 1 is 1.13 bits per heavy atom. The third-order valence-electron chi connectivity index (χ3n) is 5.24. The number of ether oxygens (including phenoxy) is 1. The minimum absolute atomic E-state index is 0.135. The summed E-state index contributed by atoms with van der Waals surface area (Å²) in [5, 5.41) is 2.75. The van der Waals surface area contributed by atoms with Crippen LogP contribution in [0.25, 0.3) is 0 Å². The van der Waals surface area contributed by atoms with Gasteiger partial charge in [0.15, 0.2) is 0 Å². The van der Waals surface area contributed by atoms with E-state index in [0.29, 0.717) is 11.4 Å². The largest absolute Gasteiger partial charge is 0.463 e. The number of carbonyl (C=O) groups excluding carboxylic acids is 3. The Balaban J connectivity index is 1.91. The van der Waals surface area contributed by atoms with Crippen molar-refractivity contribution in [2.24, 2.45) is 0 Å². The average molecular weight is 424 g/mol. The van der Waals surface area contributed by atoms with Crippen LogP contribution < -0.4 is 5.32 Å². The normalized spacial score (nSPS) is 16.3. The maximum Gasteiger partial charge on any atom is 0.336 e. The summed E-state index contributed by atoms with van der Waals surface area (Å²) in [6.07, 6.45) is -0.135. The van der Waals surface area contributed by atoms with Gasteiger partial charge in [-0.1, -0.05) is 35.9 Å². The van der Waals surface area contributed by atoms with Crippen molar-refractivity contribution in [3.8, 4) is 0 Å². The van der Waals surface area contributed by atoms with Crippen molar-refractivity contribution in [1.82, 2.24) is 4.90 Å². The number of benzene rings is 2. The van der Waals surface area contributed by atoms with Crippen molar-refractivity contribution in [3.05, 3.63) is 76.7 Å². The zero-order chi connectivity index (χ0) is 22.5. The lowest BCUT2D eigenvalue weighted by molar-refractivity contribution is -0.140. The summed E-state index contributed by atoms with van der Waals surface area (Å²) < 4.78 is 19.6. The summed E-state index contributed by atoms with van der Waals surface area (Å²) >= 11 is 0. The van der Waals surface area contributed by atoms with E-state index in [9.17, 15) is 18.8 Å². The van der Waals surface area contributed by atoms with Crippen molar-refractivity contribution in [2.45, 2.75) is 33.1 Å². The summed E-state index contributed by atoms with van der Waals surface area (Å²) in [5.41, 5.74) is 2.40. The van der Waals surface area contributed by atoms with E-state index in [1.54, 1.807) is 44.2 Å². The number of rotatable bonds is 6. The Morgan fingerprint density at radius 2 is 1.81 bits per heavy atom. The minimum atomic E-state index is -0.774. The molecule has 2 amide bonds. The highest BCUT2D eigenvalue weighted by atomic mass is 19.1. The highest BCUT2D eigenvalue weighted by Crippen LogP contribution is 2.38. The third kappa shape index (κ3) is 4.99. The maximum absolute atomic E-state index is 14.5. The van der Waals surface area contributed by atoms with Crippen LogP contribution in [0.15, 0.2) is 59.8 Å². The molecule has 0 spiro atoms. The molecule has 1 aliphatic rings. The first-order valence-corrected chi connectivity index (χ1v) is 10.1. The topological polar surface area (TPSA) is 75.7 Å². The summed E-state index contributed by atoms with van der Waals surface area (Å²) in [5.74, 6) is -2.66. The standard InChI is InChI=1S/C24H25FN2O4/c1-4-31-24(30)23-16(3)27(14-21(28)26-17-11-9-15(2)10-12-17)22(29)13-19(23)18-7-5-6-8-20(18)25/h5-12,19H,4,13-14H2,1-3H3,(H,26,28). The number of carbonyl (C=O) groups is 3. The lowest BCUT2D eigenvalue weighted by atomic mass is 9.83. The van der Waals surface area contributed by atoms with E-state index in [1.165, 1.54) is 11.0 Å². The van der Waals surface area contributed by atoms with Gasteiger partial charge in [0.25, 0.3) is 0 Å². The summed E-state index contributed by atoms with van der Waals surface area (Å²) in [6, 6.07) is 13.3. The quantitative estimate of drug-likeness (QED) is 0.713. The van der Waals surface area contributed by atoms with Gasteiger partial charge in [0.2, 0.25) is 11.8 Å². The highest BCUT2D eigenvalue weighted by Gasteiger charge is 2.38. The van der Waals surface area contributed by atoms with Crippen LogP contribution in [0.3, 0.4) is 0 Å². The van der Waals surface area contributed by atoms with E-state index in [4.69, 9.17) is 4.74 Å². The van der Waals surface area contributed by atoms with Gasteiger partial charge in [-0.2, -0.15) is 0 Å². The van der Waals surface area contributed by atoms with Gasteiger partial charge < -0.3 is 15.0 Å². The molecule has 1 unspecified atom stereocenters. The van der Waals surface area contributed by atoms with Crippen LogP contribution in [0.2, 0.25) is 0 Å². The van der Waals surface area contributed by atoms with Crippen LogP contribution in [-0.4, -0.2) is 35.8 Å². The zero-order valence-electron chi connectivity index (χ0n) is 17.8. The van der Waals surface area contributed by atoms with E-state index in [1.807, 2.05) is 19.1 Å². The van der Waals surface area contributed by atoms with Crippen LogP contribution >= 0.6 is 0 Å². The molecular formula is C24H25FN2O4. The second-order valence-corrected chi connectivity index (χ2v) is 7.39. The number of aryl methyl sites for hydroxylation is 1. The van der Waals surface area contributed by atoms with Gasteiger partial charge in [-0.3, -0.25) is 9.59 Å². The molecule has 0 aliphatic carbocycles. The number of nitrogens with zero attached hydrogens (tertiary/aromatic N) is 1. The van der Waals surface area contributed by atoms with Gasteiger partial charge in [-0.15, -0.1) is 0 Å². The fraction of sp³-hybridized carbons (Fsp3) is 0.292. The van der Waals surface area contributed by atoms with Crippen molar-refractivity contribution < 1.29 is 23.5 Å². The number of hydrogen-bond acceptors (Lipinski definition) is 4. The molecule has 31 heavy (non-hydrogen) atoms. The predicted molar refractivity (Wildman–Crippen MR) is 115 cm³/mol. The molecule has 0 saturated carbocycles. The second-order valence-electron chi connectivity index (χ2n) is 7.39. The SMILES string of the molecule is CCOC(=O)C1=C(C)N(CC(=O)Nc2ccc(C)cc2)C(=O)CC1c1ccccc1F. The molecule has 7 heteroatoms. The fourth-order valence-corrected chi connectivity index (χ4v) is 3.68. The Bertz CT molecular complexity index is 1030. The Hall–Kier alpha value is -3.48. The van der Waals surface area contributed by atoms with Gasteiger partial charge >= 0.3 is 5.97 Å². The third-order valence-corrected chi connectivity index (χ3v) is 5.24. The molecule has 0 saturated heterocycles. The molecule has 1 N–H and O–H groups in total. The molecule has 2 aromatic rings. The Morgan fingerprint density at radius 3 is 2.45 bits per heavy atom. The molecule has 3 rings (SSSR count). The Kier molecular flexibility index (Phi) is 6.84. The van der Waals surface area contributed by atoms with Crippen LogP contribution in [0.4, 0.5) is 10.1 Å². The number of hydrogen-bond donors (Lipinski definition) is 1. The summed E-state index contributed by atoms with van der Waals surface area (Å²) in [6.45, 7) is 5.07. The molecule has 0 radical (unpaired) electrons. The number of nitrogens with one attached hydrogen (secondary N) is 1. The molecular weight excluding hydrogens is 399 g/mol. The van der Waals surface area contributed by atoms with E-state index in [0.717, 1.165) is 5.56 Å². The van der Waals surface area contributed by atoms with E-state index >= 15 is 0 Å². The first kappa shape index (κ1) is 22.2. The van der Waals surface area contributed by atoms with Gasteiger partial charge in [0, 0.05) is 23.7 Å². The molecule has 6 nitrogen and oxygen atoms in total. The predicted octanol–water partition coefficient (Wildman–Crippen LogP) is 3.93. The number of esters is 1. The summed E-state index contributed by atoms with van der Waals surface area (Å²) in [4.78, 5) is 39.4. The highest BCUT2D eigenvalue weighted by molar-refractivity contribution is 5.99. The zero-order valence-corrected chi connectivity index (χ0v) is 17.8. The molecule has 1 atom stereocenters. The smallest absolute Gasteiger partial charge is 0.336 e. The first-order chi connectivity index (χ1) is 14.8. The number of allylic oxidation sites excluding steroid dienone is 1. The number of amides is 2. The van der Waals surface area contributed by atoms with Crippen molar-refractivity contribution in [2.75, 3.05) is 18.5 Å². The molecule has 2 aromatic carbocycles. The van der Waals surface area contributed by atoms with Crippen LogP contribution in [0.5, 0.6) is 0 Å². The van der Waals surface area contributed by atoms with Crippen LogP contribution in [-0.2, 0) is 19.1 Å². The molecule has 1 heterocycles. The second kappa shape index (κ2) is 9.55. The lowest BCUT2D eigenvalue weighted by Crippen LogP contribution is -2.42. The average Bonchev–Trinajstić information content (AvgIpc) is 2.73. The van der Waals surface area contributed by atoms with Crippen molar-refractivity contribution >= 4 is 23.5 Å². The maximum atomic E-state index is 14.5. The summed E-state index contributed by atoms with van der Waals surface area (Å²) in [7, 11) is 0. The fourth-order valence-electron chi connectivity index (χ4n) is 3.68. The molecule has 0 aromatic heterocycles. The van der Waals surface area contributed by atoms with Gasteiger partial charge in [-0.05, 0) is 44.5 Å². The monoisotopic (exact) mass is 424 g/mol. The molecule has 162 valence electrons.